The molecule has 0 aliphatic carbocycles. The molecule has 0 amide bonds. The molecule has 1 aromatic carbocycles. The molecule has 0 radical (unpaired) electrons. The Kier molecular flexibility index (Phi) is 3.40. The summed E-state index contributed by atoms with van der Waals surface area (Å²) in [6.45, 7) is 4.06. The van der Waals surface area contributed by atoms with Gasteiger partial charge >= 0.3 is 0 Å². The van der Waals surface area contributed by atoms with Gasteiger partial charge in [0.15, 0.2) is 0 Å². The van der Waals surface area contributed by atoms with Gasteiger partial charge in [0, 0.05) is 25.8 Å². The van der Waals surface area contributed by atoms with Gasteiger partial charge in [0.2, 0.25) is 0 Å². The molecule has 0 unspecified atom stereocenters. The van der Waals surface area contributed by atoms with Crippen LogP contribution in [-0.2, 0) is 0 Å². The second kappa shape index (κ2) is 4.56. The predicted molar refractivity (Wildman–Crippen MR) is 60.9 cm³/mol. The van der Waals surface area contributed by atoms with Crippen molar-refractivity contribution in [2.24, 2.45) is 0 Å². The molecular formula is C11H16N2O. The molecule has 0 heterocycles. The summed E-state index contributed by atoms with van der Waals surface area (Å²) in [5.41, 5.74) is 7.47. The molecule has 0 fully saturated rings. The summed E-state index contributed by atoms with van der Waals surface area (Å²) in [5, 5.41) is 0. The standard InChI is InChI=1S/C11H16N2O/c1-4-7-14-11-8-9(13(2)3)5-6-10(11)12/h4-6,8H,1,7,12H2,2-3H3. The number of nitrogen functional groups attached to an aromatic ring is 1. The van der Waals surface area contributed by atoms with Gasteiger partial charge < -0.3 is 15.4 Å². The van der Waals surface area contributed by atoms with Crippen molar-refractivity contribution in [3.8, 4) is 5.75 Å². The van der Waals surface area contributed by atoms with Gasteiger partial charge in [-0.3, -0.25) is 0 Å². The van der Waals surface area contributed by atoms with Crippen molar-refractivity contribution >= 4 is 11.4 Å². The van der Waals surface area contributed by atoms with E-state index in [4.69, 9.17) is 10.5 Å². The van der Waals surface area contributed by atoms with Crippen LogP contribution in [0.25, 0.3) is 0 Å². The van der Waals surface area contributed by atoms with Gasteiger partial charge in [0.1, 0.15) is 12.4 Å². The first-order valence-corrected chi connectivity index (χ1v) is 4.45. The van der Waals surface area contributed by atoms with Crippen LogP contribution in [0.2, 0.25) is 0 Å². The molecule has 2 N–H and O–H groups in total. The molecule has 0 bridgehead atoms. The van der Waals surface area contributed by atoms with Crippen molar-refractivity contribution in [2.45, 2.75) is 0 Å². The average molecular weight is 192 g/mol. The van der Waals surface area contributed by atoms with Crippen LogP contribution in [0.1, 0.15) is 0 Å². The Morgan fingerprint density at radius 3 is 2.79 bits per heavy atom. The van der Waals surface area contributed by atoms with E-state index in [1.54, 1.807) is 6.08 Å². The van der Waals surface area contributed by atoms with Gasteiger partial charge in [-0.05, 0) is 12.1 Å². The summed E-state index contributed by atoms with van der Waals surface area (Å²) < 4.78 is 5.41. The number of nitrogens with two attached hydrogens (primary N) is 1. The van der Waals surface area contributed by atoms with E-state index in [1.807, 2.05) is 37.2 Å². The second-order valence-electron chi connectivity index (χ2n) is 3.22. The van der Waals surface area contributed by atoms with E-state index in [0.717, 1.165) is 5.69 Å². The third-order valence-electron chi connectivity index (χ3n) is 1.87. The van der Waals surface area contributed by atoms with Crippen molar-refractivity contribution in [3.05, 3.63) is 30.9 Å². The monoisotopic (exact) mass is 192 g/mol. The normalized spacial score (nSPS) is 9.57. The van der Waals surface area contributed by atoms with Crippen LogP contribution in [0.4, 0.5) is 11.4 Å². The van der Waals surface area contributed by atoms with Gasteiger partial charge in [0.25, 0.3) is 0 Å². The largest absolute Gasteiger partial charge is 0.487 e. The van der Waals surface area contributed by atoms with Crippen LogP contribution >= 0.6 is 0 Å². The highest BCUT2D eigenvalue weighted by Gasteiger charge is 2.02. The summed E-state index contributed by atoms with van der Waals surface area (Å²) in [4.78, 5) is 2.00. The highest BCUT2D eigenvalue weighted by molar-refractivity contribution is 5.61. The van der Waals surface area contributed by atoms with E-state index in [2.05, 4.69) is 6.58 Å². The topological polar surface area (TPSA) is 38.5 Å². The molecule has 3 heteroatoms. The third-order valence-corrected chi connectivity index (χ3v) is 1.87. The molecular weight excluding hydrogens is 176 g/mol. The Hall–Kier alpha value is -1.64. The quantitative estimate of drug-likeness (QED) is 0.585. The Bertz CT molecular complexity index is 321. The maximum Gasteiger partial charge on any atom is 0.144 e. The highest BCUT2D eigenvalue weighted by Crippen LogP contribution is 2.26. The lowest BCUT2D eigenvalue weighted by Gasteiger charge is -2.15. The van der Waals surface area contributed by atoms with Crippen LogP contribution in [0.15, 0.2) is 30.9 Å². The van der Waals surface area contributed by atoms with Crippen molar-refractivity contribution in [1.29, 1.82) is 0 Å². The van der Waals surface area contributed by atoms with Crippen molar-refractivity contribution in [2.75, 3.05) is 31.3 Å². The SMILES string of the molecule is C=CCOc1cc(N(C)C)ccc1N. The Morgan fingerprint density at radius 1 is 1.50 bits per heavy atom. The first-order valence-electron chi connectivity index (χ1n) is 4.45. The molecule has 0 saturated carbocycles. The summed E-state index contributed by atoms with van der Waals surface area (Å²) >= 11 is 0. The van der Waals surface area contributed by atoms with Gasteiger partial charge in [-0.25, -0.2) is 0 Å². The van der Waals surface area contributed by atoms with Crippen LogP contribution in [-0.4, -0.2) is 20.7 Å². The minimum absolute atomic E-state index is 0.473. The zero-order valence-electron chi connectivity index (χ0n) is 8.66. The van der Waals surface area contributed by atoms with E-state index in [9.17, 15) is 0 Å². The van der Waals surface area contributed by atoms with E-state index < -0.39 is 0 Å². The predicted octanol–water partition coefficient (Wildman–Crippen LogP) is 1.90. The van der Waals surface area contributed by atoms with Gasteiger partial charge in [-0.15, -0.1) is 0 Å². The van der Waals surface area contributed by atoms with Crippen LogP contribution in [0, 0.1) is 0 Å². The zero-order chi connectivity index (χ0) is 10.6. The lowest BCUT2D eigenvalue weighted by molar-refractivity contribution is 0.365. The van der Waals surface area contributed by atoms with Crippen molar-refractivity contribution < 1.29 is 4.74 Å². The fraction of sp³-hybridized carbons (Fsp3) is 0.273. The maximum atomic E-state index is 5.75. The van der Waals surface area contributed by atoms with Gasteiger partial charge in [-0.1, -0.05) is 12.7 Å². The molecule has 76 valence electrons. The molecule has 0 spiro atoms. The fourth-order valence-corrected chi connectivity index (χ4v) is 1.07. The molecule has 0 aromatic heterocycles. The molecule has 0 aliphatic heterocycles. The van der Waals surface area contributed by atoms with Crippen LogP contribution < -0.4 is 15.4 Å². The van der Waals surface area contributed by atoms with E-state index in [0.29, 0.717) is 18.0 Å². The van der Waals surface area contributed by atoms with Crippen LogP contribution in [0.3, 0.4) is 0 Å². The van der Waals surface area contributed by atoms with Gasteiger partial charge in [-0.2, -0.15) is 0 Å². The molecule has 0 atom stereocenters. The molecule has 3 nitrogen and oxygen atoms in total. The molecule has 1 aromatic rings. The molecule has 1 rings (SSSR count). The number of ether oxygens (including phenoxy) is 1. The Balaban J connectivity index is 2.90. The van der Waals surface area contributed by atoms with Crippen molar-refractivity contribution in [3.63, 3.8) is 0 Å². The van der Waals surface area contributed by atoms with Crippen LogP contribution in [0.5, 0.6) is 5.75 Å². The van der Waals surface area contributed by atoms with E-state index >= 15 is 0 Å². The second-order valence-corrected chi connectivity index (χ2v) is 3.22. The van der Waals surface area contributed by atoms with Gasteiger partial charge in [0.05, 0.1) is 5.69 Å². The summed E-state index contributed by atoms with van der Waals surface area (Å²) in [6.07, 6.45) is 1.70. The van der Waals surface area contributed by atoms with Crippen molar-refractivity contribution in [1.82, 2.24) is 0 Å². The molecule has 0 saturated heterocycles. The molecule has 0 aliphatic rings. The number of anilines is 2. The van der Waals surface area contributed by atoms with E-state index in [-0.39, 0.29) is 0 Å². The first kappa shape index (κ1) is 10.4. The number of hydrogen-bond donors (Lipinski definition) is 1. The minimum atomic E-state index is 0.473. The maximum absolute atomic E-state index is 5.75. The summed E-state index contributed by atoms with van der Waals surface area (Å²) in [6, 6.07) is 5.71. The number of nitrogens with zero attached hydrogens (tertiary/aromatic N) is 1. The lowest BCUT2D eigenvalue weighted by Crippen LogP contribution is -2.09. The lowest BCUT2D eigenvalue weighted by atomic mass is 10.2. The number of hydrogen-bond acceptors (Lipinski definition) is 3. The smallest absolute Gasteiger partial charge is 0.144 e. The van der Waals surface area contributed by atoms with E-state index in [1.165, 1.54) is 0 Å². The zero-order valence-corrected chi connectivity index (χ0v) is 8.66. The minimum Gasteiger partial charge on any atom is -0.487 e. The fourth-order valence-electron chi connectivity index (χ4n) is 1.07. The Morgan fingerprint density at radius 2 is 2.21 bits per heavy atom. The third kappa shape index (κ3) is 2.42. The Labute approximate surface area is 84.8 Å². The number of rotatable bonds is 4. The molecule has 14 heavy (non-hydrogen) atoms. The summed E-state index contributed by atoms with van der Waals surface area (Å²) in [7, 11) is 3.95. The number of benzene rings is 1. The highest BCUT2D eigenvalue weighted by atomic mass is 16.5. The average Bonchev–Trinajstić information content (AvgIpc) is 2.16. The summed E-state index contributed by atoms with van der Waals surface area (Å²) in [5.74, 6) is 0.705. The first-order chi connectivity index (χ1) is 6.65.